The van der Waals surface area contributed by atoms with E-state index < -0.39 is 0 Å². The summed E-state index contributed by atoms with van der Waals surface area (Å²) in [6, 6.07) is 9.85. The maximum Gasteiger partial charge on any atom is 0.132 e. The predicted molar refractivity (Wildman–Crippen MR) is 49.6 cm³/mol. The highest BCUT2D eigenvalue weighted by Gasteiger charge is 2.36. The van der Waals surface area contributed by atoms with Crippen LogP contribution in [0.25, 0.3) is 0 Å². The molecule has 1 heterocycles. The molecule has 68 valence electrons. The monoisotopic (exact) mass is 176 g/mol. The topological polar surface area (TPSA) is 26.3 Å². The van der Waals surface area contributed by atoms with E-state index in [-0.39, 0.29) is 5.41 Å². The maximum atomic E-state index is 11.0. The Labute approximate surface area is 77.5 Å². The predicted octanol–water partition coefficient (Wildman–Crippen LogP) is 1.54. The van der Waals surface area contributed by atoms with Gasteiger partial charge in [-0.15, -0.1) is 0 Å². The Morgan fingerprint density at radius 2 is 2.08 bits per heavy atom. The van der Waals surface area contributed by atoms with Crippen molar-refractivity contribution in [2.24, 2.45) is 0 Å². The third kappa shape index (κ3) is 1.38. The lowest BCUT2D eigenvalue weighted by Gasteiger charge is -2.19. The quantitative estimate of drug-likeness (QED) is 0.639. The highest BCUT2D eigenvalue weighted by molar-refractivity contribution is 5.69. The summed E-state index contributed by atoms with van der Waals surface area (Å²) in [5, 5.41) is 0. The van der Waals surface area contributed by atoms with Gasteiger partial charge in [0.15, 0.2) is 0 Å². The van der Waals surface area contributed by atoms with Gasteiger partial charge in [-0.25, -0.2) is 0 Å². The molecular weight excluding hydrogens is 164 g/mol. The Bertz CT molecular complexity index is 286. The average molecular weight is 176 g/mol. The molecule has 0 aromatic heterocycles. The standard InChI is InChI=1S/C11H12O2/c12-8-11(6-7-13-9-11)10-4-2-1-3-5-10/h1-5,8H,6-7,9H2. The summed E-state index contributed by atoms with van der Waals surface area (Å²) >= 11 is 0. The summed E-state index contributed by atoms with van der Waals surface area (Å²) in [7, 11) is 0. The van der Waals surface area contributed by atoms with Crippen LogP contribution in [0.2, 0.25) is 0 Å². The summed E-state index contributed by atoms with van der Waals surface area (Å²) < 4.78 is 5.27. The van der Waals surface area contributed by atoms with Crippen LogP contribution in [0, 0.1) is 0 Å². The van der Waals surface area contributed by atoms with Crippen LogP contribution in [0.15, 0.2) is 30.3 Å². The first kappa shape index (κ1) is 8.45. The average Bonchev–Trinajstić information content (AvgIpc) is 2.69. The Balaban J connectivity index is 2.36. The fourth-order valence-electron chi connectivity index (χ4n) is 1.74. The lowest BCUT2D eigenvalue weighted by atomic mass is 9.81. The van der Waals surface area contributed by atoms with Crippen LogP contribution in [0.3, 0.4) is 0 Å². The van der Waals surface area contributed by atoms with E-state index in [9.17, 15) is 4.79 Å². The molecule has 2 heteroatoms. The maximum absolute atomic E-state index is 11.0. The van der Waals surface area contributed by atoms with E-state index >= 15 is 0 Å². The minimum Gasteiger partial charge on any atom is -0.380 e. The molecule has 2 nitrogen and oxygen atoms in total. The van der Waals surface area contributed by atoms with Gasteiger partial charge in [0.25, 0.3) is 0 Å². The molecule has 2 rings (SSSR count). The number of aldehydes is 1. The molecule has 1 atom stereocenters. The van der Waals surface area contributed by atoms with Gasteiger partial charge in [-0.2, -0.15) is 0 Å². The summed E-state index contributed by atoms with van der Waals surface area (Å²) in [5.41, 5.74) is 0.698. The second-order valence-corrected chi connectivity index (χ2v) is 3.44. The van der Waals surface area contributed by atoms with Gasteiger partial charge < -0.3 is 9.53 Å². The molecule has 13 heavy (non-hydrogen) atoms. The molecule has 0 spiro atoms. The first-order chi connectivity index (χ1) is 6.37. The fourth-order valence-corrected chi connectivity index (χ4v) is 1.74. The molecule has 1 aliphatic rings. The molecule has 1 aromatic carbocycles. The molecule has 1 aliphatic heterocycles. The lowest BCUT2D eigenvalue weighted by Crippen LogP contribution is -2.27. The van der Waals surface area contributed by atoms with Crippen LogP contribution in [0.4, 0.5) is 0 Å². The zero-order valence-corrected chi connectivity index (χ0v) is 7.40. The number of hydrogen-bond acceptors (Lipinski definition) is 2. The van der Waals surface area contributed by atoms with E-state index in [1.807, 2.05) is 30.3 Å². The van der Waals surface area contributed by atoms with E-state index in [4.69, 9.17) is 4.74 Å². The number of ether oxygens (including phenoxy) is 1. The smallest absolute Gasteiger partial charge is 0.132 e. The normalized spacial score (nSPS) is 27.4. The van der Waals surface area contributed by atoms with Gasteiger partial charge in [0.05, 0.1) is 12.0 Å². The van der Waals surface area contributed by atoms with Crippen LogP contribution in [0.1, 0.15) is 12.0 Å². The first-order valence-electron chi connectivity index (χ1n) is 4.47. The van der Waals surface area contributed by atoms with Crippen molar-refractivity contribution < 1.29 is 9.53 Å². The van der Waals surface area contributed by atoms with Crippen LogP contribution >= 0.6 is 0 Å². The van der Waals surface area contributed by atoms with Gasteiger partial charge in [0.1, 0.15) is 6.29 Å². The number of carbonyl (C=O) groups is 1. The number of hydrogen-bond donors (Lipinski definition) is 0. The minimum atomic E-state index is -0.374. The van der Waals surface area contributed by atoms with Crippen LogP contribution in [-0.2, 0) is 14.9 Å². The summed E-state index contributed by atoms with van der Waals surface area (Å²) in [6.45, 7) is 1.22. The van der Waals surface area contributed by atoms with Crippen molar-refractivity contribution in [2.45, 2.75) is 11.8 Å². The third-order valence-corrected chi connectivity index (χ3v) is 2.63. The molecular formula is C11H12O2. The molecule has 0 aliphatic carbocycles. The highest BCUT2D eigenvalue weighted by atomic mass is 16.5. The molecule has 1 fully saturated rings. The Morgan fingerprint density at radius 1 is 1.31 bits per heavy atom. The third-order valence-electron chi connectivity index (χ3n) is 2.63. The van der Waals surface area contributed by atoms with Crippen molar-refractivity contribution in [3.63, 3.8) is 0 Å². The van der Waals surface area contributed by atoms with Crippen LogP contribution in [0.5, 0.6) is 0 Å². The lowest BCUT2D eigenvalue weighted by molar-refractivity contribution is -0.112. The highest BCUT2D eigenvalue weighted by Crippen LogP contribution is 2.30. The molecule has 1 unspecified atom stereocenters. The number of rotatable bonds is 2. The SMILES string of the molecule is O=CC1(c2ccccc2)CCOC1. The van der Waals surface area contributed by atoms with Crippen LogP contribution < -0.4 is 0 Å². The molecule has 0 saturated carbocycles. The Hall–Kier alpha value is -1.15. The molecule has 0 N–H and O–H groups in total. The number of benzene rings is 1. The van der Waals surface area contributed by atoms with E-state index in [1.165, 1.54) is 0 Å². The van der Waals surface area contributed by atoms with E-state index in [0.717, 1.165) is 18.3 Å². The summed E-state index contributed by atoms with van der Waals surface area (Å²) in [4.78, 5) is 11.0. The Kier molecular flexibility index (Phi) is 2.15. The molecule has 0 radical (unpaired) electrons. The van der Waals surface area contributed by atoms with Crippen LogP contribution in [-0.4, -0.2) is 19.5 Å². The molecule has 1 aromatic rings. The zero-order chi connectivity index (χ0) is 9.15. The van der Waals surface area contributed by atoms with E-state index in [2.05, 4.69) is 0 Å². The van der Waals surface area contributed by atoms with Gasteiger partial charge in [-0.1, -0.05) is 30.3 Å². The second kappa shape index (κ2) is 3.30. The van der Waals surface area contributed by atoms with Gasteiger partial charge in [0.2, 0.25) is 0 Å². The van der Waals surface area contributed by atoms with Crippen molar-refractivity contribution in [2.75, 3.05) is 13.2 Å². The Morgan fingerprint density at radius 3 is 2.62 bits per heavy atom. The van der Waals surface area contributed by atoms with Crippen molar-refractivity contribution in [3.8, 4) is 0 Å². The van der Waals surface area contributed by atoms with Crippen molar-refractivity contribution in [3.05, 3.63) is 35.9 Å². The van der Waals surface area contributed by atoms with E-state index in [0.29, 0.717) is 13.2 Å². The first-order valence-corrected chi connectivity index (χ1v) is 4.47. The summed E-state index contributed by atoms with van der Waals surface area (Å²) in [5.74, 6) is 0. The van der Waals surface area contributed by atoms with Crippen molar-refractivity contribution in [1.82, 2.24) is 0 Å². The van der Waals surface area contributed by atoms with Gasteiger partial charge >= 0.3 is 0 Å². The van der Waals surface area contributed by atoms with Gasteiger partial charge in [-0.3, -0.25) is 0 Å². The van der Waals surface area contributed by atoms with E-state index in [1.54, 1.807) is 0 Å². The fraction of sp³-hybridized carbons (Fsp3) is 0.364. The van der Waals surface area contributed by atoms with Gasteiger partial charge in [0, 0.05) is 6.61 Å². The molecule has 1 saturated heterocycles. The number of carbonyl (C=O) groups excluding carboxylic acids is 1. The molecule has 0 bridgehead atoms. The zero-order valence-electron chi connectivity index (χ0n) is 7.40. The minimum absolute atomic E-state index is 0.374. The molecule has 0 amide bonds. The van der Waals surface area contributed by atoms with Crippen molar-refractivity contribution in [1.29, 1.82) is 0 Å². The van der Waals surface area contributed by atoms with Crippen molar-refractivity contribution >= 4 is 6.29 Å². The van der Waals surface area contributed by atoms with Gasteiger partial charge in [-0.05, 0) is 12.0 Å². The largest absolute Gasteiger partial charge is 0.380 e. The summed E-state index contributed by atoms with van der Waals surface area (Å²) in [6.07, 6.45) is 1.83. The second-order valence-electron chi connectivity index (χ2n) is 3.44.